The molecule has 3 aliphatic rings. The maximum atomic E-state index is 11.8. The smallest absolute Gasteiger partial charge is 0.223 e. The lowest BCUT2D eigenvalue weighted by atomic mass is 9.90. The number of hydrogen-bond acceptors (Lipinski definition) is 4. The zero-order chi connectivity index (χ0) is 11.9. The summed E-state index contributed by atoms with van der Waals surface area (Å²) in [6.45, 7) is 1.96. The Kier molecular flexibility index (Phi) is 2.84. The van der Waals surface area contributed by atoms with Crippen LogP contribution in [0.2, 0.25) is 0 Å². The second-order valence-corrected chi connectivity index (χ2v) is 5.19. The fourth-order valence-corrected chi connectivity index (χ4v) is 3.42. The van der Waals surface area contributed by atoms with Gasteiger partial charge in [-0.05, 0) is 6.42 Å². The van der Waals surface area contributed by atoms with Gasteiger partial charge in [0.05, 0.1) is 19.8 Å². The van der Waals surface area contributed by atoms with Gasteiger partial charge in [-0.1, -0.05) is 0 Å². The topological polar surface area (TPSA) is 56.8 Å². The predicted molar refractivity (Wildman–Crippen MR) is 59.3 cm³/mol. The quantitative estimate of drug-likeness (QED) is 0.755. The van der Waals surface area contributed by atoms with Crippen molar-refractivity contribution < 1.29 is 19.0 Å². The Labute approximate surface area is 101 Å². The monoisotopic (exact) mass is 241 g/mol. The Hall–Kier alpha value is -0.650. The van der Waals surface area contributed by atoms with Crippen LogP contribution < -0.4 is 5.32 Å². The third-order valence-corrected chi connectivity index (χ3v) is 4.24. The van der Waals surface area contributed by atoms with Gasteiger partial charge in [0.15, 0.2) is 5.79 Å². The van der Waals surface area contributed by atoms with Crippen molar-refractivity contribution in [2.24, 2.45) is 11.8 Å². The highest BCUT2D eigenvalue weighted by molar-refractivity contribution is 5.82. The number of rotatable bonds is 2. The molecular weight excluding hydrogens is 222 g/mol. The number of methoxy groups -OCH3 is 1. The van der Waals surface area contributed by atoms with Gasteiger partial charge in [-0.15, -0.1) is 0 Å². The molecule has 0 aromatic heterocycles. The fourth-order valence-electron chi connectivity index (χ4n) is 3.42. The molecule has 0 radical (unpaired) electrons. The molecule has 1 spiro atoms. The van der Waals surface area contributed by atoms with Crippen molar-refractivity contribution in [3.63, 3.8) is 0 Å². The van der Waals surface area contributed by atoms with Crippen LogP contribution in [0, 0.1) is 11.8 Å². The number of ether oxygens (including phenoxy) is 3. The van der Waals surface area contributed by atoms with Crippen LogP contribution in [-0.4, -0.2) is 44.7 Å². The molecule has 3 fully saturated rings. The first-order valence-corrected chi connectivity index (χ1v) is 6.31. The van der Waals surface area contributed by atoms with Crippen molar-refractivity contribution in [2.45, 2.75) is 31.1 Å². The summed E-state index contributed by atoms with van der Waals surface area (Å²) in [6, 6.07) is 0.132. The van der Waals surface area contributed by atoms with Crippen LogP contribution in [0.4, 0.5) is 0 Å². The summed E-state index contributed by atoms with van der Waals surface area (Å²) in [5.74, 6) is 0.0516. The maximum absolute atomic E-state index is 11.8. The van der Waals surface area contributed by atoms with E-state index in [0.717, 1.165) is 19.3 Å². The first-order chi connectivity index (χ1) is 8.24. The zero-order valence-corrected chi connectivity index (χ0v) is 10.1. The predicted octanol–water partition coefficient (Wildman–Crippen LogP) is 0.291. The lowest BCUT2D eigenvalue weighted by molar-refractivity contribution is -0.171. The van der Waals surface area contributed by atoms with Crippen LogP contribution in [-0.2, 0) is 19.0 Å². The number of nitrogens with one attached hydrogen (secondary N) is 1. The van der Waals surface area contributed by atoms with E-state index in [1.54, 1.807) is 7.11 Å². The van der Waals surface area contributed by atoms with E-state index in [4.69, 9.17) is 14.2 Å². The molecule has 2 aliphatic heterocycles. The van der Waals surface area contributed by atoms with Crippen molar-refractivity contribution in [1.29, 1.82) is 0 Å². The third kappa shape index (κ3) is 1.86. The van der Waals surface area contributed by atoms with Crippen molar-refractivity contribution >= 4 is 5.91 Å². The summed E-state index contributed by atoms with van der Waals surface area (Å²) in [7, 11) is 1.69. The highest BCUT2D eigenvalue weighted by atomic mass is 16.7. The number of hydrogen-bond donors (Lipinski definition) is 1. The molecule has 1 N–H and O–H groups in total. The molecule has 3 atom stereocenters. The van der Waals surface area contributed by atoms with E-state index in [9.17, 15) is 4.79 Å². The van der Waals surface area contributed by atoms with Crippen molar-refractivity contribution in [3.8, 4) is 0 Å². The van der Waals surface area contributed by atoms with Crippen LogP contribution in [0.3, 0.4) is 0 Å². The Morgan fingerprint density at radius 1 is 1.47 bits per heavy atom. The molecule has 17 heavy (non-hydrogen) atoms. The normalized spacial score (nSPS) is 39.4. The van der Waals surface area contributed by atoms with E-state index in [1.165, 1.54) is 0 Å². The summed E-state index contributed by atoms with van der Waals surface area (Å²) in [4.78, 5) is 11.8. The molecule has 2 heterocycles. The molecule has 2 saturated heterocycles. The Balaban J connectivity index is 1.80. The molecule has 0 unspecified atom stereocenters. The van der Waals surface area contributed by atoms with Crippen molar-refractivity contribution in [2.75, 3.05) is 26.9 Å². The number of fused-ring (bicyclic) bond motifs is 2. The molecule has 1 aliphatic carbocycles. The Bertz CT molecular complexity index is 314. The van der Waals surface area contributed by atoms with Gasteiger partial charge < -0.3 is 19.5 Å². The average Bonchev–Trinajstić information content (AvgIpc) is 2.80. The minimum Gasteiger partial charge on any atom is -0.384 e. The van der Waals surface area contributed by atoms with Crippen LogP contribution in [0.1, 0.15) is 19.3 Å². The zero-order valence-electron chi connectivity index (χ0n) is 10.1. The first-order valence-electron chi connectivity index (χ1n) is 6.31. The molecule has 5 nitrogen and oxygen atoms in total. The van der Waals surface area contributed by atoms with E-state index < -0.39 is 5.79 Å². The highest BCUT2D eigenvalue weighted by Gasteiger charge is 2.51. The summed E-state index contributed by atoms with van der Waals surface area (Å²) < 4.78 is 16.8. The lowest BCUT2D eigenvalue weighted by Gasteiger charge is -2.30. The van der Waals surface area contributed by atoms with Gasteiger partial charge in [0.2, 0.25) is 5.91 Å². The van der Waals surface area contributed by atoms with Gasteiger partial charge in [0.25, 0.3) is 0 Å². The molecule has 96 valence electrons. The van der Waals surface area contributed by atoms with Gasteiger partial charge in [-0.2, -0.15) is 0 Å². The van der Waals surface area contributed by atoms with Crippen molar-refractivity contribution in [3.05, 3.63) is 0 Å². The average molecular weight is 241 g/mol. The molecule has 5 heteroatoms. The maximum Gasteiger partial charge on any atom is 0.223 e. The standard InChI is InChI=1S/C12H19NO4/c1-15-7-9-8-2-3-12(16-4-5-17-12)6-10(9)13-11(8)14/h8-10H,2-7H2,1H3,(H,13,14)/t8-,9+,10+/m0/s1. The van der Waals surface area contributed by atoms with E-state index >= 15 is 0 Å². The largest absolute Gasteiger partial charge is 0.384 e. The van der Waals surface area contributed by atoms with Crippen molar-refractivity contribution in [1.82, 2.24) is 5.32 Å². The summed E-state index contributed by atoms with van der Waals surface area (Å²) in [6.07, 6.45) is 2.40. The van der Waals surface area contributed by atoms with Gasteiger partial charge >= 0.3 is 0 Å². The number of carbonyl (C=O) groups is 1. The molecule has 1 amide bonds. The molecule has 0 aromatic rings. The minimum atomic E-state index is -0.445. The SMILES string of the molecule is COC[C@@H]1[C@@H]2CCC3(C[C@H]1NC2=O)OCCO3. The molecule has 2 bridgehead atoms. The van der Waals surface area contributed by atoms with Crippen LogP contribution in [0.25, 0.3) is 0 Å². The fraction of sp³-hybridized carbons (Fsp3) is 0.917. The van der Waals surface area contributed by atoms with Crippen LogP contribution in [0.5, 0.6) is 0 Å². The second kappa shape index (κ2) is 4.23. The molecule has 3 rings (SSSR count). The summed E-state index contributed by atoms with van der Waals surface area (Å²) in [5.41, 5.74) is 0. The lowest BCUT2D eigenvalue weighted by Crippen LogP contribution is -2.41. The van der Waals surface area contributed by atoms with Gasteiger partial charge in [-0.25, -0.2) is 0 Å². The third-order valence-electron chi connectivity index (χ3n) is 4.24. The summed E-state index contributed by atoms with van der Waals surface area (Å²) >= 11 is 0. The van der Waals surface area contributed by atoms with E-state index in [1.807, 2.05) is 0 Å². The molecule has 0 aromatic carbocycles. The summed E-state index contributed by atoms with van der Waals surface area (Å²) in [5, 5.41) is 3.06. The van der Waals surface area contributed by atoms with Gasteiger partial charge in [0, 0.05) is 37.8 Å². The number of amides is 1. The van der Waals surface area contributed by atoms with Crippen LogP contribution in [0.15, 0.2) is 0 Å². The highest BCUT2D eigenvalue weighted by Crippen LogP contribution is 2.42. The molecular formula is C12H19NO4. The van der Waals surface area contributed by atoms with E-state index in [2.05, 4.69) is 5.32 Å². The Morgan fingerprint density at radius 3 is 2.94 bits per heavy atom. The first kappa shape index (κ1) is 11.4. The molecule has 1 saturated carbocycles. The Morgan fingerprint density at radius 2 is 2.24 bits per heavy atom. The minimum absolute atomic E-state index is 0.0622. The van der Waals surface area contributed by atoms with E-state index in [0.29, 0.717) is 19.8 Å². The number of carbonyl (C=O) groups excluding carboxylic acids is 1. The van der Waals surface area contributed by atoms with Gasteiger partial charge in [0.1, 0.15) is 0 Å². The van der Waals surface area contributed by atoms with Crippen LogP contribution >= 0.6 is 0 Å². The van der Waals surface area contributed by atoms with Gasteiger partial charge in [-0.3, -0.25) is 4.79 Å². The second-order valence-electron chi connectivity index (χ2n) is 5.19. The van der Waals surface area contributed by atoms with E-state index in [-0.39, 0.29) is 23.8 Å².